The van der Waals surface area contributed by atoms with Crippen molar-refractivity contribution in [3.8, 4) is 0 Å². The maximum Gasteiger partial charge on any atom is 0.330 e. The molecule has 5 heteroatoms. The zero-order valence-electron chi connectivity index (χ0n) is 16.2. The number of carbonyl (C=O) groups is 2. The van der Waals surface area contributed by atoms with Crippen LogP contribution < -0.4 is 0 Å². The first kappa shape index (κ1) is 19.8. The third kappa shape index (κ3) is 4.49. The molecule has 1 saturated heterocycles. The van der Waals surface area contributed by atoms with E-state index in [0.29, 0.717) is 13.2 Å². The molecule has 0 saturated carbocycles. The quantitative estimate of drug-likeness (QED) is 0.399. The summed E-state index contributed by atoms with van der Waals surface area (Å²) in [7, 11) is 0. The number of nitrogens with zero attached hydrogens (tertiary/aromatic N) is 1. The topological polar surface area (TPSA) is 55.6 Å². The Morgan fingerprint density at radius 1 is 0.929 bits per heavy atom. The standard InChI is InChI=1S/C23H25NO4/c1-3-27-20(25)16-15-19-22(23(26)28-4-2)24(19)21(17-11-7-5-8-12-17)18-13-9-6-10-14-18/h5-16,19,21-22H,3-4H2,1-2H3/b16-15+/t19-,22-,24?/m0/s1. The van der Waals surface area contributed by atoms with Crippen LogP contribution in [0.25, 0.3) is 0 Å². The number of benzene rings is 2. The van der Waals surface area contributed by atoms with Crippen LogP contribution in [0, 0.1) is 0 Å². The van der Waals surface area contributed by atoms with Gasteiger partial charge in [-0.2, -0.15) is 0 Å². The first-order valence-electron chi connectivity index (χ1n) is 9.56. The van der Waals surface area contributed by atoms with Gasteiger partial charge >= 0.3 is 11.9 Å². The molecule has 28 heavy (non-hydrogen) atoms. The van der Waals surface area contributed by atoms with Gasteiger partial charge in [-0.1, -0.05) is 66.7 Å². The summed E-state index contributed by atoms with van der Waals surface area (Å²) in [6.45, 7) is 4.19. The molecule has 0 bridgehead atoms. The summed E-state index contributed by atoms with van der Waals surface area (Å²) in [5, 5.41) is 0. The Bertz CT molecular complexity index is 780. The van der Waals surface area contributed by atoms with E-state index < -0.39 is 12.0 Å². The Hall–Kier alpha value is -2.92. The van der Waals surface area contributed by atoms with E-state index in [2.05, 4.69) is 4.90 Å². The van der Waals surface area contributed by atoms with Gasteiger partial charge in [-0.15, -0.1) is 0 Å². The number of ether oxygens (including phenoxy) is 2. The van der Waals surface area contributed by atoms with Crippen LogP contribution in [0.3, 0.4) is 0 Å². The van der Waals surface area contributed by atoms with E-state index in [4.69, 9.17) is 9.47 Å². The number of rotatable bonds is 8. The van der Waals surface area contributed by atoms with E-state index in [1.165, 1.54) is 6.08 Å². The van der Waals surface area contributed by atoms with Gasteiger partial charge < -0.3 is 9.47 Å². The molecule has 5 nitrogen and oxygen atoms in total. The van der Waals surface area contributed by atoms with Crippen molar-refractivity contribution in [2.24, 2.45) is 0 Å². The Kier molecular flexibility index (Phi) is 6.61. The maximum atomic E-state index is 12.5. The van der Waals surface area contributed by atoms with Crippen LogP contribution in [0.5, 0.6) is 0 Å². The highest BCUT2D eigenvalue weighted by atomic mass is 16.5. The molecule has 1 heterocycles. The first-order valence-corrected chi connectivity index (χ1v) is 9.56. The fourth-order valence-electron chi connectivity index (χ4n) is 3.47. The lowest BCUT2D eigenvalue weighted by Gasteiger charge is -2.21. The fourth-order valence-corrected chi connectivity index (χ4v) is 3.47. The van der Waals surface area contributed by atoms with Gasteiger partial charge in [0.05, 0.1) is 25.3 Å². The molecule has 0 amide bonds. The third-order valence-electron chi connectivity index (χ3n) is 4.67. The largest absolute Gasteiger partial charge is 0.465 e. The van der Waals surface area contributed by atoms with Crippen molar-refractivity contribution in [3.05, 3.63) is 83.9 Å². The van der Waals surface area contributed by atoms with Crippen molar-refractivity contribution in [1.29, 1.82) is 0 Å². The summed E-state index contributed by atoms with van der Waals surface area (Å²) >= 11 is 0. The predicted molar refractivity (Wildman–Crippen MR) is 107 cm³/mol. The lowest BCUT2D eigenvalue weighted by molar-refractivity contribution is -0.143. The number of carbonyl (C=O) groups excluding carboxylic acids is 2. The summed E-state index contributed by atoms with van der Waals surface area (Å²) < 4.78 is 10.2. The fraction of sp³-hybridized carbons (Fsp3) is 0.304. The molecule has 0 spiro atoms. The second-order valence-electron chi connectivity index (χ2n) is 6.47. The molecule has 1 aliphatic rings. The lowest BCUT2D eigenvalue weighted by atomic mass is 9.98. The molecule has 0 aliphatic carbocycles. The van der Waals surface area contributed by atoms with Gasteiger partial charge in [0.25, 0.3) is 0 Å². The van der Waals surface area contributed by atoms with E-state index >= 15 is 0 Å². The van der Waals surface area contributed by atoms with Crippen molar-refractivity contribution in [3.63, 3.8) is 0 Å². The molecule has 0 N–H and O–H groups in total. The van der Waals surface area contributed by atoms with E-state index in [9.17, 15) is 9.59 Å². The molecule has 2 aromatic carbocycles. The number of hydrogen-bond donors (Lipinski definition) is 0. The summed E-state index contributed by atoms with van der Waals surface area (Å²) in [5.74, 6) is -0.689. The SMILES string of the molecule is CCOC(=O)/C=C/[C@H]1[C@@H](C(=O)OCC)N1C(c1ccccc1)c1ccccc1. The van der Waals surface area contributed by atoms with Crippen molar-refractivity contribution in [1.82, 2.24) is 4.90 Å². The molecule has 1 fully saturated rings. The minimum Gasteiger partial charge on any atom is -0.465 e. The summed E-state index contributed by atoms with van der Waals surface area (Å²) in [4.78, 5) is 26.4. The van der Waals surface area contributed by atoms with Gasteiger partial charge in [0.1, 0.15) is 6.04 Å². The lowest BCUT2D eigenvalue weighted by Crippen LogP contribution is -2.20. The Morgan fingerprint density at radius 2 is 1.46 bits per heavy atom. The van der Waals surface area contributed by atoms with Crippen molar-refractivity contribution in [2.75, 3.05) is 13.2 Å². The maximum absolute atomic E-state index is 12.5. The van der Waals surface area contributed by atoms with Gasteiger partial charge in [-0.3, -0.25) is 9.69 Å². The Balaban J connectivity index is 1.94. The summed E-state index contributed by atoms with van der Waals surface area (Å²) in [6.07, 6.45) is 3.13. The molecule has 146 valence electrons. The molecular formula is C23H25NO4. The van der Waals surface area contributed by atoms with Crippen LogP contribution in [0.1, 0.15) is 31.0 Å². The van der Waals surface area contributed by atoms with Gasteiger partial charge in [-0.25, -0.2) is 4.79 Å². The number of esters is 2. The molecule has 3 rings (SSSR count). The van der Waals surface area contributed by atoms with Crippen molar-refractivity contribution >= 4 is 11.9 Å². The normalized spacial score (nSPS) is 20.9. The third-order valence-corrected chi connectivity index (χ3v) is 4.67. The van der Waals surface area contributed by atoms with Crippen LogP contribution in [0.4, 0.5) is 0 Å². The molecule has 2 aromatic rings. The summed E-state index contributed by atoms with van der Waals surface area (Å²) in [6, 6.07) is 19.3. The molecule has 1 unspecified atom stereocenters. The molecule has 3 atom stereocenters. The van der Waals surface area contributed by atoms with E-state index in [0.717, 1.165) is 11.1 Å². The second-order valence-corrected chi connectivity index (χ2v) is 6.47. The van der Waals surface area contributed by atoms with Crippen molar-refractivity contribution in [2.45, 2.75) is 32.0 Å². The molecule has 0 radical (unpaired) electrons. The first-order chi connectivity index (χ1) is 13.7. The van der Waals surface area contributed by atoms with E-state index in [-0.39, 0.29) is 18.1 Å². The smallest absolute Gasteiger partial charge is 0.330 e. The zero-order valence-corrected chi connectivity index (χ0v) is 16.2. The van der Waals surface area contributed by atoms with Crippen LogP contribution in [0.15, 0.2) is 72.8 Å². The highest BCUT2D eigenvalue weighted by Gasteiger charge is 2.56. The van der Waals surface area contributed by atoms with Crippen LogP contribution >= 0.6 is 0 Å². The van der Waals surface area contributed by atoms with Gasteiger partial charge in [0, 0.05) is 6.08 Å². The minimum atomic E-state index is -0.434. The van der Waals surface area contributed by atoms with Crippen LogP contribution in [-0.4, -0.2) is 42.1 Å². The molecule has 1 aliphatic heterocycles. The summed E-state index contributed by atoms with van der Waals surface area (Å²) in [5.41, 5.74) is 2.16. The molecule has 0 aromatic heterocycles. The Morgan fingerprint density at radius 3 is 1.96 bits per heavy atom. The van der Waals surface area contributed by atoms with E-state index in [1.54, 1.807) is 19.9 Å². The average Bonchev–Trinajstić information content (AvgIpc) is 3.42. The highest BCUT2D eigenvalue weighted by Crippen LogP contribution is 2.43. The van der Waals surface area contributed by atoms with Gasteiger partial charge in [-0.05, 0) is 25.0 Å². The van der Waals surface area contributed by atoms with Gasteiger partial charge in [0.15, 0.2) is 0 Å². The van der Waals surface area contributed by atoms with Crippen LogP contribution in [-0.2, 0) is 19.1 Å². The monoisotopic (exact) mass is 379 g/mol. The minimum absolute atomic E-state index is 0.117. The average molecular weight is 379 g/mol. The van der Waals surface area contributed by atoms with E-state index in [1.807, 2.05) is 60.7 Å². The van der Waals surface area contributed by atoms with Crippen molar-refractivity contribution < 1.29 is 19.1 Å². The predicted octanol–water partition coefficient (Wildman–Crippen LogP) is 3.51. The second kappa shape index (κ2) is 9.33. The van der Waals surface area contributed by atoms with Crippen LogP contribution in [0.2, 0.25) is 0 Å². The zero-order chi connectivity index (χ0) is 19.9. The Labute approximate surface area is 165 Å². The van der Waals surface area contributed by atoms with Gasteiger partial charge in [0.2, 0.25) is 0 Å². The number of hydrogen-bond acceptors (Lipinski definition) is 5. The highest BCUT2D eigenvalue weighted by molar-refractivity contribution is 5.84. The molecular weight excluding hydrogens is 354 g/mol.